The van der Waals surface area contributed by atoms with Crippen LogP contribution in [-0.2, 0) is 19.1 Å². The lowest BCUT2D eigenvalue weighted by atomic mass is 9.87. The van der Waals surface area contributed by atoms with Crippen LogP contribution in [0.2, 0.25) is 0 Å². The lowest BCUT2D eigenvalue weighted by molar-refractivity contribution is -0.142. The molecule has 2 atom stereocenters. The average Bonchev–Trinajstić information content (AvgIpc) is 3.23. The van der Waals surface area contributed by atoms with Crippen molar-refractivity contribution in [1.29, 1.82) is 5.26 Å². The van der Waals surface area contributed by atoms with Crippen LogP contribution in [0.25, 0.3) is 0 Å². The summed E-state index contributed by atoms with van der Waals surface area (Å²) in [7, 11) is 1.22. The Morgan fingerprint density at radius 3 is 2.73 bits per heavy atom. The van der Waals surface area contributed by atoms with Gasteiger partial charge in [0.25, 0.3) is 0 Å². The second kappa shape index (κ2) is 6.86. The van der Waals surface area contributed by atoms with Crippen LogP contribution in [0.3, 0.4) is 0 Å². The number of methoxy groups -OCH3 is 1. The number of amides is 2. The fourth-order valence-electron chi connectivity index (χ4n) is 2.90. The zero-order valence-electron chi connectivity index (χ0n) is 13.6. The molecule has 0 spiro atoms. The van der Waals surface area contributed by atoms with E-state index in [-0.39, 0.29) is 28.4 Å². The first-order chi connectivity index (χ1) is 12.4. The van der Waals surface area contributed by atoms with Gasteiger partial charge < -0.3 is 16.2 Å². The SMILES string of the molecule is COC(=O)C[C@H]1SC2=C(C(N)=O)[C@H](c3cccs3)C(C#N)=C(N)N2C1=O. The van der Waals surface area contributed by atoms with Gasteiger partial charge in [-0.05, 0) is 11.4 Å². The number of thiophene rings is 1. The molecule has 0 bridgehead atoms. The maximum Gasteiger partial charge on any atom is 0.307 e. The van der Waals surface area contributed by atoms with Crippen LogP contribution in [0.5, 0.6) is 0 Å². The van der Waals surface area contributed by atoms with Crippen molar-refractivity contribution in [3.8, 4) is 6.07 Å². The van der Waals surface area contributed by atoms with Crippen LogP contribution >= 0.6 is 23.1 Å². The van der Waals surface area contributed by atoms with E-state index in [0.717, 1.165) is 21.5 Å². The minimum absolute atomic E-state index is 0.0456. The lowest BCUT2D eigenvalue weighted by Gasteiger charge is -2.30. The van der Waals surface area contributed by atoms with Gasteiger partial charge in [-0.2, -0.15) is 5.26 Å². The number of hydrogen-bond acceptors (Lipinski definition) is 8. The maximum atomic E-state index is 12.7. The van der Waals surface area contributed by atoms with Gasteiger partial charge in [0.2, 0.25) is 11.8 Å². The number of primary amides is 1. The molecule has 3 rings (SSSR count). The molecule has 0 aliphatic carbocycles. The third kappa shape index (κ3) is 2.75. The van der Waals surface area contributed by atoms with Crippen molar-refractivity contribution in [2.75, 3.05) is 7.11 Å². The fourth-order valence-corrected chi connectivity index (χ4v) is 5.08. The highest BCUT2D eigenvalue weighted by Crippen LogP contribution is 2.50. The van der Waals surface area contributed by atoms with Gasteiger partial charge >= 0.3 is 5.97 Å². The monoisotopic (exact) mass is 390 g/mol. The van der Waals surface area contributed by atoms with Crippen LogP contribution in [0, 0.1) is 11.3 Å². The Bertz CT molecular complexity index is 898. The van der Waals surface area contributed by atoms with Crippen molar-refractivity contribution in [2.45, 2.75) is 17.6 Å². The quantitative estimate of drug-likeness (QED) is 0.723. The summed E-state index contributed by atoms with van der Waals surface area (Å²) >= 11 is 2.39. The molecule has 0 aromatic carbocycles. The van der Waals surface area contributed by atoms with Gasteiger partial charge in [-0.15, -0.1) is 11.3 Å². The summed E-state index contributed by atoms with van der Waals surface area (Å²) in [4.78, 5) is 38.3. The summed E-state index contributed by atoms with van der Waals surface area (Å²) in [6.45, 7) is 0. The number of allylic oxidation sites excluding steroid dienone is 1. The predicted octanol–water partition coefficient (Wildman–Crippen LogP) is 0.743. The maximum absolute atomic E-state index is 12.7. The number of nitrogens with two attached hydrogens (primary N) is 2. The van der Waals surface area contributed by atoms with Crippen LogP contribution in [0.15, 0.2) is 39.5 Å². The van der Waals surface area contributed by atoms with E-state index in [2.05, 4.69) is 4.74 Å². The highest BCUT2D eigenvalue weighted by Gasteiger charge is 2.48. The molecule has 0 radical (unpaired) electrons. The molecule has 1 saturated heterocycles. The summed E-state index contributed by atoms with van der Waals surface area (Å²) in [5.74, 6) is -2.57. The molecule has 0 saturated carbocycles. The third-order valence-corrected chi connectivity index (χ3v) is 6.29. The Morgan fingerprint density at radius 2 is 2.19 bits per heavy atom. The first-order valence-electron chi connectivity index (χ1n) is 7.45. The van der Waals surface area contributed by atoms with Crippen LogP contribution in [-0.4, -0.2) is 35.0 Å². The van der Waals surface area contributed by atoms with E-state index in [9.17, 15) is 19.6 Å². The molecule has 1 aromatic heterocycles. The van der Waals surface area contributed by atoms with E-state index in [1.54, 1.807) is 12.1 Å². The topological polar surface area (TPSA) is 140 Å². The Kier molecular flexibility index (Phi) is 4.76. The molecule has 0 unspecified atom stereocenters. The van der Waals surface area contributed by atoms with Crippen molar-refractivity contribution in [3.05, 3.63) is 44.4 Å². The summed E-state index contributed by atoms with van der Waals surface area (Å²) in [5, 5.41) is 10.9. The number of nitriles is 1. The number of rotatable bonds is 4. The number of fused-ring (bicyclic) bond motifs is 1. The van der Waals surface area contributed by atoms with Gasteiger partial charge in [0.15, 0.2) is 0 Å². The molecule has 8 nitrogen and oxygen atoms in total. The van der Waals surface area contributed by atoms with Crippen molar-refractivity contribution in [1.82, 2.24) is 4.90 Å². The van der Waals surface area contributed by atoms with E-state index in [1.807, 2.05) is 11.4 Å². The fraction of sp³-hybridized carbons (Fsp3) is 0.250. The van der Waals surface area contributed by atoms with Gasteiger partial charge in [0.05, 0.1) is 41.7 Å². The largest absolute Gasteiger partial charge is 0.469 e. The third-order valence-electron chi connectivity index (χ3n) is 4.07. The molecule has 4 N–H and O–H groups in total. The van der Waals surface area contributed by atoms with E-state index in [0.29, 0.717) is 0 Å². The number of carbonyl (C=O) groups excluding carboxylic acids is 3. The lowest BCUT2D eigenvalue weighted by Crippen LogP contribution is -2.39. The number of ether oxygens (including phenoxy) is 1. The highest BCUT2D eigenvalue weighted by atomic mass is 32.2. The number of thioether (sulfide) groups is 1. The molecule has 2 aliphatic heterocycles. The molecule has 134 valence electrons. The Hall–Kier alpha value is -2.77. The molecule has 2 aliphatic rings. The first-order valence-corrected chi connectivity index (χ1v) is 9.21. The first kappa shape index (κ1) is 18.0. The average molecular weight is 390 g/mol. The Morgan fingerprint density at radius 1 is 1.46 bits per heavy atom. The van der Waals surface area contributed by atoms with Crippen molar-refractivity contribution >= 4 is 40.9 Å². The van der Waals surface area contributed by atoms with Gasteiger partial charge in [-0.25, -0.2) is 0 Å². The van der Waals surface area contributed by atoms with E-state index < -0.39 is 29.0 Å². The van der Waals surface area contributed by atoms with E-state index >= 15 is 0 Å². The summed E-state index contributed by atoms with van der Waals surface area (Å²) in [5.41, 5.74) is 11.9. The zero-order chi connectivity index (χ0) is 19.0. The van der Waals surface area contributed by atoms with Gasteiger partial charge in [0.1, 0.15) is 11.1 Å². The summed E-state index contributed by atoms with van der Waals surface area (Å²) in [6, 6.07) is 5.56. The molecule has 2 amide bonds. The molecule has 1 fully saturated rings. The number of hydrogen-bond donors (Lipinski definition) is 2. The Balaban J connectivity index is 2.16. The molecule has 10 heteroatoms. The second-order valence-electron chi connectivity index (χ2n) is 5.50. The minimum atomic E-state index is -0.799. The normalized spacial score (nSPS) is 22.3. The predicted molar refractivity (Wildman–Crippen MR) is 95.0 cm³/mol. The number of esters is 1. The van der Waals surface area contributed by atoms with Gasteiger partial charge in [0, 0.05) is 4.88 Å². The molecule has 1 aromatic rings. The molecule has 3 heterocycles. The molecule has 26 heavy (non-hydrogen) atoms. The van der Waals surface area contributed by atoms with Crippen LogP contribution < -0.4 is 11.5 Å². The van der Waals surface area contributed by atoms with Crippen molar-refractivity contribution in [2.24, 2.45) is 11.5 Å². The van der Waals surface area contributed by atoms with Crippen LogP contribution in [0.4, 0.5) is 0 Å². The smallest absolute Gasteiger partial charge is 0.307 e. The van der Waals surface area contributed by atoms with Crippen molar-refractivity contribution < 1.29 is 19.1 Å². The Labute approximate surface area is 157 Å². The summed E-state index contributed by atoms with van der Waals surface area (Å²) in [6.07, 6.45) is -0.176. The van der Waals surface area contributed by atoms with E-state index in [4.69, 9.17) is 11.5 Å². The minimum Gasteiger partial charge on any atom is -0.469 e. The van der Waals surface area contributed by atoms with Gasteiger partial charge in [-0.3, -0.25) is 19.3 Å². The molecular formula is C16H14N4O4S2. The number of carbonyl (C=O) groups is 3. The van der Waals surface area contributed by atoms with Crippen molar-refractivity contribution in [3.63, 3.8) is 0 Å². The summed E-state index contributed by atoms with van der Waals surface area (Å²) < 4.78 is 4.61. The van der Waals surface area contributed by atoms with Gasteiger partial charge in [-0.1, -0.05) is 17.8 Å². The van der Waals surface area contributed by atoms with Crippen LogP contribution in [0.1, 0.15) is 17.2 Å². The second-order valence-corrected chi connectivity index (χ2v) is 7.67. The zero-order valence-corrected chi connectivity index (χ0v) is 15.2. The highest BCUT2D eigenvalue weighted by molar-refractivity contribution is 8.04. The van der Waals surface area contributed by atoms with E-state index in [1.165, 1.54) is 18.4 Å². The molecular weight excluding hydrogens is 376 g/mol. The standard InChI is InChI=1S/C16H14N4O4S2/c1-24-10(21)5-9-15(23)20-13(18)7(6-17)11(8-3-2-4-25-8)12(14(19)22)16(20)26-9/h2-4,9,11H,5,18H2,1H3,(H2,19,22)/t9-,11+/m1/s1. The number of nitrogens with zero attached hydrogens (tertiary/aromatic N) is 2.